The van der Waals surface area contributed by atoms with Crippen molar-refractivity contribution in [3.63, 3.8) is 0 Å². The Morgan fingerprint density at radius 1 is 1.32 bits per heavy atom. The van der Waals surface area contributed by atoms with Gasteiger partial charge in [-0.15, -0.1) is 0 Å². The molecular formula is C15H19BrN4OS. The lowest BCUT2D eigenvalue weighted by Gasteiger charge is -2.08. The maximum absolute atomic E-state index is 5.22. The van der Waals surface area contributed by atoms with E-state index in [2.05, 4.69) is 43.8 Å². The predicted octanol–water partition coefficient (Wildman–Crippen LogP) is 3.02. The van der Waals surface area contributed by atoms with Crippen LogP contribution in [-0.2, 0) is 11.3 Å². The summed E-state index contributed by atoms with van der Waals surface area (Å²) in [5.41, 5.74) is 1.19. The highest BCUT2D eigenvalue weighted by molar-refractivity contribution is 9.10. The number of rotatable bonds is 7. The number of methoxy groups -OCH3 is 1. The Bertz CT molecular complexity index is 600. The fourth-order valence-electron chi connectivity index (χ4n) is 1.87. The minimum atomic E-state index is 0.574. The van der Waals surface area contributed by atoms with Gasteiger partial charge >= 0.3 is 0 Å². The van der Waals surface area contributed by atoms with Crippen LogP contribution in [0.25, 0.3) is 0 Å². The molecule has 1 aromatic heterocycles. The van der Waals surface area contributed by atoms with Crippen LogP contribution >= 0.6 is 28.1 Å². The van der Waals surface area contributed by atoms with Crippen molar-refractivity contribution in [1.82, 2.24) is 15.1 Å². The Hall–Kier alpha value is -1.44. The number of hydrogen-bond donors (Lipinski definition) is 2. The molecule has 1 aromatic carbocycles. The van der Waals surface area contributed by atoms with Crippen LogP contribution in [0, 0.1) is 0 Å². The predicted molar refractivity (Wildman–Crippen MR) is 96.2 cm³/mol. The van der Waals surface area contributed by atoms with Crippen LogP contribution in [0.1, 0.15) is 12.0 Å². The Kier molecular flexibility index (Phi) is 6.82. The number of benzene rings is 1. The van der Waals surface area contributed by atoms with E-state index in [1.165, 1.54) is 5.56 Å². The summed E-state index contributed by atoms with van der Waals surface area (Å²) < 4.78 is 7.93. The fraction of sp³-hybridized carbons (Fsp3) is 0.333. The van der Waals surface area contributed by atoms with Crippen molar-refractivity contribution in [3.05, 3.63) is 46.6 Å². The molecule has 0 spiro atoms. The number of halogens is 1. The van der Waals surface area contributed by atoms with Crippen molar-refractivity contribution in [1.29, 1.82) is 0 Å². The average Bonchev–Trinajstić information content (AvgIpc) is 2.93. The minimum Gasteiger partial charge on any atom is -0.385 e. The molecule has 2 N–H and O–H groups in total. The summed E-state index contributed by atoms with van der Waals surface area (Å²) in [5, 5.41) is 11.2. The Morgan fingerprint density at radius 3 is 2.82 bits per heavy atom. The van der Waals surface area contributed by atoms with E-state index in [1.54, 1.807) is 7.11 Å². The molecule has 1 heterocycles. The summed E-state index contributed by atoms with van der Waals surface area (Å²) in [5.74, 6) is 0.737. The van der Waals surface area contributed by atoms with Gasteiger partial charge in [-0.1, -0.05) is 28.1 Å². The van der Waals surface area contributed by atoms with E-state index in [1.807, 2.05) is 29.1 Å². The molecule has 0 bridgehead atoms. The highest BCUT2D eigenvalue weighted by Crippen LogP contribution is 2.12. The lowest BCUT2D eigenvalue weighted by molar-refractivity contribution is 0.196. The van der Waals surface area contributed by atoms with E-state index >= 15 is 0 Å². The Labute approximate surface area is 144 Å². The van der Waals surface area contributed by atoms with Crippen molar-refractivity contribution in [2.75, 3.05) is 25.6 Å². The summed E-state index contributed by atoms with van der Waals surface area (Å²) in [4.78, 5) is 0. The van der Waals surface area contributed by atoms with Crippen LogP contribution in [0.2, 0.25) is 0 Å². The number of nitrogens with one attached hydrogen (secondary N) is 2. The second kappa shape index (κ2) is 8.87. The number of aromatic nitrogens is 2. The zero-order valence-corrected chi connectivity index (χ0v) is 14.8. The molecule has 0 saturated heterocycles. The van der Waals surface area contributed by atoms with Crippen molar-refractivity contribution in [2.24, 2.45) is 0 Å². The third-order valence-corrected chi connectivity index (χ3v) is 3.73. The van der Waals surface area contributed by atoms with Crippen LogP contribution in [0.5, 0.6) is 0 Å². The fourth-order valence-corrected chi connectivity index (χ4v) is 2.34. The molecule has 0 aliphatic heterocycles. The van der Waals surface area contributed by atoms with Gasteiger partial charge in [0.15, 0.2) is 10.9 Å². The first-order chi connectivity index (χ1) is 10.7. The van der Waals surface area contributed by atoms with Gasteiger partial charge in [0.1, 0.15) is 0 Å². The minimum absolute atomic E-state index is 0.574. The van der Waals surface area contributed by atoms with Gasteiger partial charge in [0.2, 0.25) is 0 Å². The highest BCUT2D eigenvalue weighted by Gasteiger charge is 2.02. The number of hydrogen-bond acceptors (Lipinski definition) is 3. The van der Waals surface area contributed by atoms with Crippen LogP contribution < -0.4 is 10.6 Å². The summed E-state index contributed by atoms with van der Waals surface area (Å²) in [6, 6.07) is 10.1. The lowest BCUT2D eigenvalue weighted by Crippen LogP contribution is -2.30. The normalized spacial score (nSPS) is 10.5. The van der Waals surface area contributed by atoms with Gasteiger partial charge in [-0.25, -0.2) is 0 Å². The van der Waals surface area contributed by atoms with E-state index in [0.29, 0.717) is 5.11 Å². The number of ether oxygens (including phenoxy) is 1. The molecule has 22 heavy (non-hydrogen) atoms. The molecule has 2 rings (SSSR count). The topological polar surface area (TPSA) is 51.1 Å². The molecule has 0 aliphatic carbocycles. The van der Waals surface area contributed by atoms with Crippen molar-refractivity contribution < 1.29 is 4.74 Å². The molecule has 0 atom stereocenters. The SMILES string of the molecule is COCCCNC(=S)Nc1ccn(Cc2ccc(Br)cc2)n1. The largest absolute Gasteiger partial charge is 0.385 e. The second-order valence-electron chi connectivity index (χ2n) is 4.75. The van der Waals surface area contributed by atoms with E-state index in [4.69, 9.17) is 17.0 Å². The van der Waals surface area contributed by atoms with Crippen LogP contribution in [0.4, 0.5) is 5.82 Å². The van der Waals surface area contributed by atoms with E-state index in [-0.39, 0.29) is 0 Å². The third kappa shape index (κ3) is 5.75. The summed E-state index contributed by atoms with van der Waals surface area (Å²) >= 11 is 8.65. The van der Waals surface area contributed by atoms with Gasteiger partial charge in [0, 0.05) is 37.0 Å². The molecule has 0 fully saturated rings. The standard InChI is InChI=1S/C15H19BrN4OS/c1-21-10-2-8-17-15(22)18-14-7-9-20(19-14)11-12-3-5-13(16)6-4-12/h3-7,9H,2,8,10-11H2,1H3,(H2,17,18,19,22). The molecule has 0 unspecified atom stereocenters. The van der Waals surface area contributed by atoms with Gasteiger partial charge in [0.05, 0.1) is 6.54 Å². The maximum Gasteiger partial charge on any atom is 0.171 e. The molecule has 0 aliphatic rings. The summed E-state index contributed by atoms with van der Waals surface area (Å²) in [7, 11) is 1.69. The molecule has 0 amide bonds. The van der Waals surface area contributed by atoms with Gasteiger partial charge in [-0.3, -0.25) is 4.68 Å². The second-order valence-corrected chi connectivity index (χ2v) is 6.08. The van der Waals surface area contributed by atoms with Crippen LogP contribution in [0.15, 0.2) is 41.0 Å². The molecule has 2 aromatic rings. The van der Waals surface area contributed by atoms with Gasteiger partial charge in [0.25, 0.3) is 0 Å². The zero-order valence-electron chi connectivity index (χ0n) is 12.4. The summed E-state index contributed by atoms with van der Waals surface area (Å²) in [6.45, 7) is 2.22. The number of anilines is 1. The first kappa shape index (κ1) is 16.9. The molecular weight excluding hydrogens is 364 g/mol. The first-order valence-corrected chi connectivity index (χ1v) is 8.19. The zero-order chi connectivity index (χ0) is 15.8. The number of thiocarbonyl (C=S) groups is 1. The monoisotopic (exact) mass is 382 g/mol. The van der Waals surface area contributed by atoms with Crippen molar-refractivity contribution in [3.8, 4) is 0 Å². The Balaban J connectivity index is 1.80. The van der Waals surface area contributed by atoms with Crippen molar-refractivity contribution >= 4 is 39.1 Å². The molecule has 7 heteroatoms. The molecule has 0 saturated carbocycles. The molecule has 5 nitrogen and oxygen atoms in total. The van der Waals surface area contributed by atoms with E-state index in [9.17, 15) is 0 Å². The first-order valence-electron chi connectivity index (χ1n) is 6.99. The number of nitrogens with zero attached hydrogens (tertiary/aromatic N) is 2. The van der Waals surface area contributed by atoms with Crippen LogP contribution in [0.3, 0.4) is 0 Å². The van der Waals surface area contributed by atoms with E-state index < -0.39 is 0 Å². The quantitative estimate of drug-likeness (QED) is 0.569. The molecule has 118 valence electrons. The summed E-state index contributed by atoms with van der Waals surface area (Å²) in [6.07, 6.45) is 2.84. The van der Waals surface area contributed by atoms with Crippen LogP contribution in [-0.4, -0.2) is 35.2 Å². The van der Waals surface area contributed by atoms with Gasteiger partial charge in [-0.2, -0.15) is 5.10 Å². The van der Waals surface area contributed by atoms with Crippen molar-refractivity contribution in [2.45, 2.75) is 13.0 Å². The average molecular weight is 383 g/mol. The van der Waals surface area contributed by atoms with Gasteiger partial charge < -0.3 is 15.4 Å². The molecule has 0 radical (unpaired) electrons. The maximum atomic E-state index is 5.22. The Morgan fingerprint density at radius 2 is 2.09 bits per heavy atom. The highest BCUT2D eigenvalue weighted by atomic mass is 79.9. The lowest BCUT2D eigenvalue weighted by atomic mass is 10.2. The van der Waals surface area contributed by atoms with E-state index in [0.717, 1.165) is 36.4 Å². The third-order valence-electron chi connectivity index (χ3n) is 2.95. The smallest absolute Gasteiger partial charge is 0.171 e. The van der Waals surface area contributed by atoms with Gasteiger partial charge in [-0.05, 0) is 36.3 Å².